The van der Waals surface area contributed by atoms with Crippen molar-refractivity contribution in [3.63, 3.8) is 0 Å². The van der Waals surface area contributed by atoms with Gasteiger partial charge in [0.25, 0.3) is 0 Å². The molecule has 0 radical (unpaired) electrons. The van der Waals surface area contributed by atoms with E-state index in [1.807, 2.05) is 0 Å². The molecule has 0 spiro atoms. The van der Waals surface area contributed by atoms with Gasteiger partial charge in [0.2, 0.25) is 0 Å². The number of ketones is 1. The van der Waals surface area contributed by atoms with Crippen molar-refractivity contribution in [2.75, 3.05) is 7.11 Å². The van der Waals surface area contributed by atoms with E-state index in [4.69, 9.17) is 32.4 Å². The highest BCUT2D eigenvalue weighted by molar-refractivity contribution is 6.50. The molecule has 0 aliphatic carbocycles. The van der Waals surface area contributed by atoms with Gasteiger partial charge in [-0.15, -0.1) is 0 Å². The van der Waals surface area contributed by atoms with Crippen molar-refractivity contribution in [1.82, 2.24) is 5.32 Å². The first kappa shape index (κ1) is 21.0. The number of carbonyl (C=O) groups excluding carboxylic acids is 2. The first-order chi connectivity index (χ1) is 12.6. The molecule has 0 fully saturated rings. The van der Waals surface area contributed by atoms with Crippen molar-refractivity contribution < 1.29 is 18.7 Å². The summed E-state index contributed by atoms with van der Waals surface area (Å²) < 4.78 is 9.91. The number of hydrogen-bond acceptors (Lipinski definition) is 6. The lowest BCUT2D eigenvalue weighted by Gasteiger charge is -2.28. The Balaban J connectivity index is 2.71. The molecule has 0 amide bonds. The van der Waals surface area contributed by atoms with Crippen LogP contribution in [-0.4, -0.2) is 18.9 Å². The third kappa shape index (κ3) is 4.17. The van der Waals surface area contributed by atoms with Gasteiger partial charge >= 0.3 is 11.6 Å². The van der Waals surface area contributed by atoms with Crippen LogP contribution in [0.15, 0.2) is 43.9 Å². The zero-order valence-electron chi connectivity index (χ0n) is 15.5. The number of nitrogens with one attached hydrogen (secondary N) is 1. The Hall–Kier alpha value is -2.31. The number of hydrogen-bond donors (Lipinski definition) is 1. The van der Waals surface area contributed by atoms with Crippen LogP contribution in [0.1, 0.15) is 32.1 Å². The van der Waals surface area contributed by atoms with Crippen LogP contribution >= 0.6 is 23.2 Å². The summed E-state index contributed by atoms with van der Waals surface area (Å²) in [7, 11) is 1.25. The Morgan fingerprint density at radius 2 is 1.81 bits per heavy atom. The monoisotopic (exact) mass is 411 g/mol. The molecule has 8 heteroatoms. The van der Waals surface area contributed by atoms with Gasteiger partial charge in [0.05, 0.1) is 28.3 Å². The van der Waals surface area contributed by atoms with Crippen LogP contribution in [0.2, 0.25) is 5.02 Å². The summed E-state index contributed by atoms with van der Waals surface area (Å²) in [6, 6.07) is 1.46. The number of halogens is 2. The number of aryl methyl sites for hydroxylation is 1. The van der Waals surface area contributed by atoms with E-state index in [1.54, 1.807) is 20.8 Å². The molecule has 1 aromatic heterocycles. The molecule has 0 saturated heterocycles. The number of ether oxygens (including phenoxy) is 1. The second-order valence-electron chi connectivity index (χ2n) is 6.11. The van der Waals surface area contributed by atoms with Crippen LogP contribution in [0, 0.1) is 12.8 Å². The number of carbonyl (C=O) groups is 2. The topological polar surface area (TPSA) is 85.6 Å². The van der Waals surface area contributed by atoms with Gasteiger partial charge in [-0.2, -0.15) is 0 Å². The van der Waals surface area contributed by atoms with Crippen molar-refractivity contribution in [3.8, 4) is 0 Å². The molecule has 0 bridgehead atoms. The Morgan fingerprint density at radius 3 is 2.33 bits per heavy atom. The summed E-state index contributed by atoms with van der Waals surface area (Å²) in [6.07, 6.45) is 1.44. The van der Waals surface area contributed by atoms with E-state index in [-0.39, 0.29) is 27.0 Å². The van der Waals surface area contributed by atoms with Crippen LogP contribution in [0.4, 0.5) is 0 Å². The number of allylic oxidation sites excluding steroid dienone is 4. The minimum absolute atomic E-state index is 0.0265. The predicted octanol–water partition coefficient (Wildman–Crippen LogP) is 3.71. The number of dihydropyridines is 1. The zero-order valence-corrected chi connectivity index (χ0v) is 17.0. The van der Waals surface area contributed by atoms with Crippen LogP contribution in [0.3, 0.4) is 0 Å². The smallest absolute Gasteiger partial charge is 0.346 e. The molecule has 6 nitrogen and oxygen atoms in total. The van der Waals surface area contributed by atoms with Crippen molar-refractivity contribution in [1.29, 1.82) is 0 Å². The van der Waals surface area contributed by atoms with E-state index in [0.29, 0.717) is 22.7 Å². The average molecular weight is 412 g/mol. The fourth-order valence-corrected chi connectivity index (χ4v) is 3.77. The van der Waals surface area contributed by atoms with Gasteiger partial charge in [-0.3, -0.25) is 4.79 Å². The SMILES string of the molecule is COC(=O)C1=C(C)NC(C)=C(C(C)=O)C1/C=C(\Cl)c1c(Cl)cc(C)oc1=O. The van der Waals surface area contributed by atoms with Gasteiger partial charge in [-0.25, -0.2) is 9.59 Å². The molecule has 1 N–H and O–H groups in total. The Kier molecular flexibility index (Phi) is 6.34. The number of esters is 1. The molecular formula is C19H19Cl2NO5. The highest BCUT2D eigenvalue weighted by Gasteiger charge is 2.33. The zero-order chi connectivity index (χ0) is 20.5. The minimum Gasteiger partial charge on any atom is -0.466 e. The number of Topliss-reactive ketones (excluding diaryl/α,β-unsaturated/α-hetero) is 1. The Bertz CT molecular complexity index is 969. The first-order valence-electron chi connectivity index (χ1n) is 8.04. The van der Waals surface area contributed by atoms with E-state index >= 15 is 0 Å². The molecule has 0 aromatic carbocycles. The largest absolute Gasteiger partial charge is 0.466 e. The summed E-state index contributed by atoms with van der Waals surface area (Å²) in [5.74, 6) is -1.33. The van der Waals surface area contributed by atoms with Crippen LogP contribution < -0.4 is 10.9 Å². The lowest BCUT2D eigenvalue weighted by Crippen LogP contribution is -2.31. The van der Waals surface area contributed by atoms with Gasteiger partial charge in [-0.05, 0) is 33.8 Å². The molecule has 2 rings (SSSR count). The average Bonchev–Trinajstić information content (AvgIpc) is 2.52. The van der Waals surface area contributed by atoms with E-state index < -0.39 is 17.5 Å². The van der Waals surface area contributed by atoms with E-state index in [9.17, 15) is 14.4 Å². The summed E-state index contributed by atoms with van der Waals surface area (Å²) in [4.78, 5) is 36.7. The standard InChI is InChI=1S/C19H19Cl2NO5/c1-8-6-13(20)17(19(25)27-8)14(21)7-12-15(11(4)23)9(2)22-10(3)16(12)18(24)26-5/h6-7,12,22H,1-5H3/b14-7-. The van der Waals surface area contributed by atoms with Crippen molar-refractivity contribution in [2.24, 2.45) is 5.92 Å². The third-order valence-corrected chi connectivity index (χ3v) is 4.78. The maximum atomic E-state index is 12.3. The summed E-state index contributed by atoms with van der Waals surface area (Å²) in [5, 5.41) is 3.10. The van der Waals surface area contributed by atoms with E-state index in [0.717, 1.165) is 0 Å². The number of methoxy groups -OCH3 is 1. The summed E-state index contributed by atoms with van der Waals surface area (Å²) in [6.45, 7) is 6.38. The Morgan fingerprint density at radius 1 is 1.22 bits per heavy atom. The maximum absolute atomic E-state index is 12.3. The summed E-state index contributed by atoms with van der Waals surface area (Å²) >= 11 is 12.5. The highest BCUT2D eigenvalue weighted by Crippen LogP contribution is 2.36. The molecule has 27 heavy (non-hydrogen) atoms. The molecule has 1 aliphatic heterocycles. The number of rotatable bonds is 4. The van der Waals surface area contributed by atoms with Crippen LogP contribution in [-0.2, 0) is 14.3 Å². The molecule has 0 saturated carbocycles. The highest BCUT2D eigenvalue weighted by atomic mass is 35.5. The first-order valence-corrected chi connectivity index (χ1v) is 8.79. The van der Waals surface area contributed by atoms with Crippen molar-refractivity contribution in [2.45, 2.75) is 27.7 Å². The fraction of sp³-hybridized carbons (Fsp3) is 0.316. The molecule has 144 valence electrons. The lowest BCUT2D eigenvalue weighted by molar-refractivity contribution is -0.136. The normalized spacial score (nSPS) is 17.7. The fourth-order valence-electron chi connectivity index (χ4n) is 3.08. The molecule has 1 aliphatic rings. The molecule has 1 unspecified atom stereocenters. The quantitative estimate of drug-likeness (QED) is 0.759. The molecule has 1 atom stereocenters. The molecular weight excluding hydrogens is 393 g/mol. The van der Waals surface area contributed by atoms with Gasteiger partial charge in [-0.1, -0.05) is 29.3 Å². The van der Waals surface area contributed by atoms with Crippen molar-refractivity contribution in [3.05, 3.63) is 61.4 Å². The van der Waals surface area contributed by atoms with Crippen molar-refractivity contribution >= 4 is 40.0 Å². The predicted molar refractivity (Wildman–Crippen MR) is 103 cm³/mol. The minimum atomic E-state index is -0.805. The van der Waals surface area contributed by atoms with Gasteiger partial charge in [0.1, 0.15) is 5.76 Å². The van der Waals surface area contributed by atoms with Crippen LogP contribution in [0.5, 0.6) is 0 Å². The third-order valence-electron chi connectivity index (χ3n) is 4.17. The second-order valence-corrected chi connectivity index (χ2v) is 6.92. The summed E-state index contributed by atoms with van der Waals surface area (Å²) in [5.41, 5.74) is 0.925. The van der Waals surface area contributed by atoms with Crippen LogP contribution in [0.25, 0.3) is 5.03 Å². The Labute approximate surface area is 166 Å². The van der Waals surface area contributed by atoms with E-state index in [1.165, 1.54) is 26.2 Å². The van der Waals surface area contributed by atoms with Gasteiger partial charge in [0.15, 0.2) is 5.78 Å². The van der Waals surface area contributed by atoms with Gasteiger partial charge < -0.3 is 14.5 Å². The lowest BCUT2D eigenvalue weighted by atomic mass is 9.83. The van der Waals surface area contributed by atoms with E-state index in [2.05, 4.69) is 5.32 Å². The second kappa shape index (κ2) is 8.15. The molecule has 1 aromatic rings. The molecule has 2 heterocycles. The van der Waals surface area contributed by atoms with Gasteiger partial charge in [0, 0.05) is 22.9 Å². The maximum Gasteiger partial charge on any atom is 0.346 e.